The van der Waals surface area contributed by atoms with Crippen LogP contribution in [0.4, 0.5) is 5.69 Å². The van der Waals surface area contributed by atoms with Gasteiger partial charge in [-0.3, -0.25) is 4.79 Å². The second-order valence-electron chi connectivity index (χ2n) is 5.58. The molecule has 0 radical (unpaired) electrons. The van der Waals surface area contributed by atoms with Crippen molar-refractivity contribution in [2.24, 2.45) is 0 Å². The first-order valence-electron chi connectivity index (χ1n) is 7.28. The molecule has 0 heterocycles. The van der Waals surface area contributed by atoms with E-state index in [0.717, 1.165) is 22.4 Å². The molecule has 5 heteroatoms. The molecule has 0 spiro atoms. The zero-order valence-corrected chi connectivity index (χ0v) is 14.9. The van der Waals surface area contributed by atoms with Gasteiger partial charge in [0.2, 0.25) is 5.91 Å². The monoisotopic (exact) mass is 346 g/mol. The Kier molecular flexibility index (Phi) is 5.74. The van der Waals surface area contributed by atoms with Gasteiger partial charge >= 0.3 is 0 Å². The van der Waals surface area contributed by atoms with Crippen LogP contribution in [0.25, 0.3) is 0 Å². The van der Waals surface area contributed by atoms with Crippen molar-refractivity contribution >= 4 is 40.5 Å². The van der Waals surface area contributed by atoms with Crippen LogP contribution in [0.2, 0.25) is 5.02 Å². The number of carbonyl (C=O) groups is 1. The summed E-state index contributed by atoms with van der Waals surface area (Å²) >= 11 is 11.1. The first-order valence-corrected chi connectivity index (χ1v) is 8.07. The summed E-state index contributed by atoms with van der Waals surface area (Å²) in [7, 11) is 0. The van der Waals surface area contributed by atoms with Crippen LogP contribution in [0.1, 0.15) is 22.3 Å². The van der Waals surface area contributed by atoms with E-state index >= 15 is 0 Å². The molecule has 1 amide bonds. The van der Waals surface area contributed by atoms with Crippen LogP contribution in [0, 0.1) is 20.8 Å². The van der Waals surface area contributed by atoms with E-state index < -0.39 is 0 Å². The predicted molar refractivity (Wildman–Crippen MR) is 100 cm³/mol. The largest absolute Gasteiger partial charge is 0.332 e. The Hall–Kier alpha value is -1.91. The van der Waals surface area contributed by atoms with Crippen molar-refractivity contribution in [2.45, 2.75) is 27.2 Å². The second kappa shape index (κ2) is 7.57. The minimum atomic E-state index is -0.160. The highest BCUT2D eigenvalue weighted by Gasteiger charge is 2.09. The molecule has 2 aromatic carbocycles. The summed E-state index contributed by atoms with van der Waals surface area (Å²) < 4.78 is 0. The fourth-order valence-corrected chi connectivity index (χ4v) is 2.82. The molecule has 0 fully saturated rings. The Bertz CT molecular complexity index is 718. The number of nitrogens with one attached hydrogen (secondary N) is 2. The number of benzene rings is 2. The molecule has 2 aromatic rings. The normalized spacial score (nSPS) is 10.3. The lowest BCUT2D eigenvalue weighted by Gasteiger charge is -2.15. The number of rotatable bonds is 3. The number of anilines is 1. The molecule has 0 aliphatic heterocycles. The molecule has 0 atom stereocenters. The summed E-state index contributed by atoms with van der Waals surface area (Å²) in [6.45, 7) is 6.08. The van der Waals surface area contributed by atoms with E-state index in [1.807, 2.05) is 26.0 Å². The van der Waals surface area contributed by atoms with Gasteiger partial charge in [-0.05, 0) is 61.8 Å². The van der Waals surface area contributed by atoms with E-state index in [1.165, 1.54) is 5.56 Å². The lowest BCUT2D eigenvalue weighted by Crippen LogP contribution is -2.35. The van der Waals surface area contributed by atoms with E-state index in [2.05, 4.69) is 29.7 Å². The molecule has 0 saturated heterocycles. The van der Waals surface area contributed by atoms with E-state index in [-0.39, 0.29) is 12.3 Å². The third-order valence-corrected chi connectivity index (χ3v) is 3.90. The van der Waals surface area contributed by atoms with E-state index in [9.17, 15) is 4.79 Å². The average molecular weight is 347 g/mol. The van der Waals surface area contributed by atoms with Crippen LogP contribution in [-0.2, 0) is 11.2 Å². The molecule has 2 N–H and O–H groups in total. The maximum Gasteiger partial charge on any atom is 0.230 e. The maximum atomic E-state index is 12.1. The number of thiocarbonyl (C=S) groups is 1. The number of aryl methyl sites for hydroxylation is 3. The van der Waals surface area contributed by atoms with Crippen LogP contribution in [0.3, 0.4) is 0 Å². The molecular weight excluding hydrogens is 328 g/mol. The highest BCUT2D eigenvalue weighted by atomic mass is 35.5. The van der Waals surface area contributed by atoms with Crippen molar-refractivity contribution in [1.82, 2.24) is 5.32 Å². The average Bonchev–Trinajstić information content (AvgIpc) is 2.45. The highest BCUT2D eigenvalue weighted by molar-refractivity contribution is 7.80. The third kappa shape index (κ3) is 5.05. The number of hydrogen-bond acceptors (Lipinski definition) is 2. The SMILES string of the molecule is Cc1cc(C)c(NC(=S)NC(=O)Cc2ccc(Cl)cc2)c(C)c1. The zero-order chi connectivity index (χ0) is 17.0. The van der Waals surface area contributed by atoms with Gasteiger partial charge < -0.3 is 10.6 Å². The zero-order valence-electron chi connectivity index (χ0n) is 13.4. The van der Waals surface area contributed by atoms with Crippen molar-refractivity contribution in [1.29, 1.82) is 0 Å². The molecule has 120 valence electrons. The summed E-state index contributed by atoms with van der Waals surface area (Å²) in [5.41, 5.74) is 5.21. The second-order valence-corrected chi connectivity index (χ2v) is 6.42. The van der Waals surface area contributed by atoms with Crippen LogP contribution in [0.15, 0.2) is 36.4 Å². The van der Waals surface area contributed by atoms with Crippen molar-refractivity contribution in [3.8, 4) is 0 Å². The fraction of sp³-hybridized carbons (Fsp3) is 0.222. The summed E-state index contributed by atoms with van der Waals surface area (Å²) in [6, 6.07) is 11.3. The number of halogens is 1. The highest BCUT2D eigenvalue weighted by Crippen LogP contribution is 2.21. The van der Waals surface area contributed by atoms with Gasteiger partial charge in [0.15, 0.2) is 5.11 Å². The smallest absolute Gasteiger partial charge is 0.230 e. The van der Waals surface area contributed by atoms with Crippen molar-refractivity contribution in [2.75, 3.05) is 5.32 Å². The molecule has 0 aliphatic carbocycles. The van der Waals surface area contributed by atoms with Crippen molar-refractivity contribution < 1.29 is 4.79 Å². The number of amides is 1. The minimum absolute atomic E-state index is 0.160. The molecule has 0 aliphatic rings. The lowest BCUT2D eigenvalue weighted by molar-refractivity contribution is -0.119. The van der Waals surface area contributed by atoms with Gasteiger partial charge in [0, 0.05) is 10.7 Å². The number of carbonyl (C=O) groups excluding carboxylic acids is 1. The molecule has 0 unspecified atom stereocenters. The van der Waals surface area contributed by atoms with Gasteiger partial charge in [-0.2, -0.15) is 0 Å². The van der Waals surface area contributed by atoms with Crippen LogP contribution < -0.4 is 10.6 Å². The van der Waals surface area contributed by atoms with E-state index in [4.69, 9.17) is 23.8 Å². The quantitative estimate of drug-likeness (QED) is 0.813. The lowest BCUT2D eigenvalue weighted by atomic mass is 10.1. The molecule has 23 heavy (non-hydrogen) atoms. The Balaban J connectivity index is 1.97. The molecule has 0 aromatic heterocycles. The van der Waals surface area contributed by atoms with Gasteiger partial charge in [-0.25, -0.2) is 0 Å². The van der Waals surface area contributed by atoms with Crippen LogP contribution in [-0.4, -0.2) is 11.0 Å². The van der Waals surface area contributed by atoms with E-state index in [0.29, 0.717) is 10.1 Å². The predicted octanol–water partition coefficient (Wildman–Crippen LogP) is 4.32. The number of hydrogen-bond donors (Lipinski definition) is 2. The van der Waals surface area contributed by atoms with Crippen LogP contribution >= 0.6 is 23.8 Å². The first-order chi connectivity index (χ1) is 10.8. The van der Waals surface area contributed by atoms with Crippen LogP contribution in [0.5, 0.6) is 0 Å². The topological polar surface area (TPSA) is 41.1 Å². The maximum absolute atomic E-state index is 12.1. The van der Waals surface area contributed by atoms with Crippen molar-refractivity contribution in [3.05, 3.63) is 63.7 Å². The summed E-state index contributed by atoms with van der Waals surface area (Å²) in [4.78, 5) is 12.1. The third-order valence-electron chi connectivity index (χ3n) is 3.45. The molecule has 0 bridgehead atoms. The van der Waals surface area contributed by atoms with Gasteiger partial charge in [-0.15, -0.1) is 0 Å². The van der Waals surface area contributed by atoms with Gasteiger partial charge in [0.05, 0.1) is 6.42 Å². The van der Waals surface area contributed by atoms with Gasteiger partial charge in [0.1, 0.15) is 0 Å². The summed E-state index contributed by atoms with van der Waals surface area (Å²) in [6.07, 6.45) is 0.255. The summed E-state index contributed by atoms with van der Waals surface area (Å²) in [5, 5.41) is 6.77. The molecule has 3 nitrogen and oxygen atoms in total. The Morgan fingerprint density at radius 1 is 1.09 bits per heavy atom. The fourth-order valence-electron chi connectivity index (χ4n) is 2.48. The van der Waals surface area contributed by atoms with Gasteiger partial charge in [-0.1, -0.05) is 41.4 Å². The van der Waals surface area contributed by atoms with Crippen molar-refractivity contribution in [3.63, 3.8) is 0 Å². The van der Waals surface area contributed by atoms with E-state index in [1.54, 1.807) is 12.1 Å². The Labute approximate surface area is 147 Å². The summed E-state index contributed by atoms with van der Waals surface area (Å²) in [5.74, 6) is -0.160. The standard InChI is InChI=1S/C18H19ClN2OS/c1-11-8-12(2)17(13(3)9-11)21-18(23)20-16(22)10-14-4-6-15(19)7-5-14/h4-9H,10H2,1-3H3,(H2,20,21,22,23). The molecule has 2 rings (SSSR count). The molecule has 0 saturated carbocycles. The minimum Gasteiger partial charge on any atom is -0.332 e. The molecular formula is C18H19ClN2OS. The van der Waals surface area contributed by atoms with Gasteiger partial charge in [0.25, 0.3) is 0 Å². The Morgan fingerprint density at radius 2 is 1.65 bits per heavy atom. The first kappa shape index (κ1) is 17.4. The Morgan fingerprint density at radius 3 is 2.22 bits per heavy atom.